The summed E-state index contributed by atoms with van der Waals surface area (Å²) in [7, 11) is 1.33. The van der Waals surface area contributed by atoms with E-state index in [1.807, 2.05) is 48.7 Å². The van der Waals surface area contributed by atoms with Crippen molar-refractivity contribution in [2.75, 3.05) is 12.0 Å². The van der Waals surface area contributed by atoms with E-state index in [2.05, 4.69) is 0 Å². The number of hydrogen-bond acceptors (Lipinski definition) is 5. The monoisotopic (exact) mass is 357 g/mol. The standard InChI is InChI=1S/C19H19NO4S/c1-19-10-13(15-8-5-9-25-15)16(18(22)23-2)17(21)20(19)14-7-4-3-6-12(14)11-24-19/h3-9,13,16H,10-11H2,1-2H3/t13-,16-,19-/m1/s1. The first-order chi connectivity index (χ1) is 12.0. The number of esters is 1. The fourth-order valence-electron chi connectivity index (χ4n) is 3.90. The molecule has 1 amide bonds. The van der Waals surface area contributed by atoms with E-state index < -0.39 is 17.6 Å². The van der Waals surface area contributed by atoms with Crippen molar-refractivity contribution >= 4 is 28.9 Å². The normalized spacial score (nSPS) is 28.2. The van der Waals surface area contributed by atoms with E-state index >= 15 is 0 Å². The molecule has 1 fully saturated rings. The summed E-state index contributed by atoms with van der Waals surface area (Å²) in [6.45, 7) is 2.38. The molecule has 6 heteroatoms. The van der Waals surface area contributed by atoms with Crippen LogP contribution in [0.15, 0.2) is 41.8 Å². The molecule has 1 saturated heterocycles. The Labute approximate surface area is 150 Å². The van der Waals surface area contributed by atoms with Crippen molar-refractivity contribution in [1.82, 2.24) is 0 Å². The molecule has 2 aliphatic rings. The zero-order valence-corrected chi connectivity index (χ0v) is 14.9. The highest BCUT2D eigenvalue weighted by atomic mass is 32.1. The fourth-order valence-corrected chi connectivity index (χ4v) is 4.77. The molecule has 1 aromatic heterocycles. The van der Waals surface area contributed by atoms with Crippen molar-refractivity contribution in [1.29, 1.82) is 0 Å². The Morgan fingerprint density at radius 1 is 1.32 bits per heavy atom. The summed E-state index contributed by atoms with van der Waals surface area (Å²) in [5, 5.41) is 1.96. The molecular weight excluding hydrogens is 338 g/mol. The van der Waals surface area contributed by atoms with Crippen LogP contribution in [0.5, 0.6) is 0 Å². The van der Waals surface area contributed by atoms with Crippen LogP contribution in [0.1, 0.15) is 29.7 Å². The van der Waals surface area contributed by atoms with E-state index in [0.717, 1.165) is 16.1 Å². The quantitative estimate of drug-likeness (QED) is 0.611. The van der Waals surface area contributed by atoms with Gasteiger partial charge in [0.25, 0.3) is 0 Å². The molecule has 2 aromatic rings. The third-order valence-corrected chi connectivity index (χ3v) is 6.10. The first-order valence-electron chi connectivity index (χ1n) is 8.22. The van der Waals surface area contributed by atoms with E-state index in [1.165, 1.54) is 7.11 Å². The van der Waals surface area contributed by atoms with Gasteiger partial charge in [-0.25, -0.2) is 0 Å². The lowest BCUT2D eigenvalue weighted by Gasteiger charge is -2.51. The van der Waals surface area contributed by atoms with E-state index in [0.29, 0.717) is 13.0 Å². The summed E-state index contributed by atoms with van der Waals surface area (Å²) >= 11 is 1.55. The number of carbonyl (C=O) groups excluding carboxylic acids is 2. The van der Waals surface area contributed by atoms with Gasteiger partial charge in [0.1, 0.15) is 11.6 Å². The van der Waals surface area contributed by atoms with Crippen LogP contribution < -0.4 is 4.90 Å². The smallest absolute Gasteiger partial charge is 0.318 e. The van der Waals surface area contributed by atoms with E-state index in [1.54, 1.807) is 16.2 Å². The number of rotatable bonds is 2. The maximum atomic E-state index is 13.4. The van der Waals surface area contributed by atoms with Gasteiger partial charge >= 0.3 is 5.97 Å². The van der Waals surface area contributed by atoms with Crippen LogP contribution in [-0.2, 0) is 25.7 Å². The molecule has 0 aliphatic carbocycles. The first-order valence-corrected chi connectivity index (χ1v) is 9.10. The molecule has 0 radical (unpaired) electrons. The van der Waals surface area contributed by atoms with Crippen LogP contribution in [0.2, 0.25) is 0 Å². The summed E-state index contributed by atoms with van der Waals surface area (Å²) in [5.41, 5.74) is 0.997. The summed E-state index contributed by atoms with van der Waals surface area (Å²) in [6, 6.07) is 11.6. The van der Waals surface area contributed by atoms with Crippen LogP contribution in [0.4, 0.5) is 5.69 Å². The SMILES string of the molecule is COC(=O)[C@H]1C(=O)N2c3ccccc3CO[C@]2(C)C[C@@H]1c1cccs1. The van der Waals surface area contributed by atoms with Gasteiger partial charge in [0, 0.05) is 22.8 Å². The molecule has 0 spiro atoms. The van der Waals surface area contributed by atoms with Crippen LogP contribution in [-0.4, -0.2) is 24.7 Å². The molecule has 25 heavy (non-hydrogen) atoms. The molecule has 130 valence electrons. The Bertz CT molecular complexity index is 819. The molecule has 0 unspecified atom stereocenters. The molecule has 1 aromatic carbocycles. The van der Waals surface area contributed by atoms with Crippen molar-refractivity contribution in [3.8, 4) is 0 Å². The number of anilines is 1. The van der Waals surface area contributed by atoms with E-state index in [-0.39, 0.29) is 11.8 Å². The van der Waals surface area contributed by atoms with Crippen LogP contribution in [0, 0.1) is 5.92 Å². The van der Waals surface area contributed by atoms with Gasteiger partial charge in [0.2, 0.25) is 5.91 Å². The van der Waals surface area contributed by atoms with E-state index in [4.69, 9.17) is 9.47 Å². The van der Waals surface area contributed by atoms with Gasteiger partial charge in [0.15, 0.2) is 0 Å². The lowest BCUT2D eigenvalue weighted by atomic mass is 9.77. The average molecular weight is 357 g/mol. The van der Waals surface area contributed by atoms with Crippen molar-refractivity contribution in [3.05, 3.63) is 52.2 Å². The minimum Gasteiger partial charge on any atom is -0.468 e. The minimum atomic E-state index is -0.855. The van der Waals surface area contributed by atoms with Crippen molar-refractivity contribution in [2.45, 2.75) is 31.6 Å². The van der Waals surface area contributed by atoms with Gasteiger partial charge in [-0.15, -0.1) is 11.3 Å². The number of methoxy groups -OCH3 is 1. The van der Waals surface area contributed by atoms with Crippen LogP contribution in [0.3, 0.4) is 0 Å². The molecule has 3 atom stereocenters. The molecule has 2 aliphatic heterocycles. The van der Waals surface area contributed by atoms with Crippen molar-refractivity contribution in [2.24, 2.45) is 5.92 Å². The highest BCUT2D eigenvalue weighted by Gasteiger charge is 2.55. The maximum Gasteiger partial charge on any atom is 0.318 e. The van der Waals surface area contributed by atoms with Crippen molar-refractivity contribution < 1.29 is 19.1 Å². The molecule has 0 saturated carbocycles. The van der Waals surface area contributed by atoms with Crippen LogP contribution >= 0.6 is 11.3 Å². The zero-order valence-electron chi connectivity index (χ0n) is 14.1. The van der Waals surface area contributed by atoms with Gasteiger partial charge < -0.3 is 9.47 Å². The summed E-state index contributed by atoms with van der Waals surface area (Å²) in [6.07, 6.45) is 0.549. The van der Waals surface area contributed by atoms with Gasteiger partial charge in [-0.2, -0.15) is 0 Å². The number of nitrogens with zero attached hydrogens (tertiary/aromatic N) is 1. The Morgan fingerprint density at radius 3 is 2.84 bits per heavy atom. The third-order valence-electron chi connectivity index (χ3n) is 5.10. The minimum absolute atomic E-state index is 0.244. The van der Waals surface area contributed by atoms with Gasteiger partial charge in [-0.1, -0.05) is 24.3 Å². The highest BCUT2D eigenvalue weighted by molar-refractivity contribution is 7.10. The predicted molar refractivity (Wildman–Crippen MR) is 94.3 cm³/mol. The van der Waals surface area contributed by atoms with Gasteiger partial charge in [-0.05, 0) is 24.4 Å². The number of ether oxygens (including phenoxy) is 2. The number of benzene rings is 1. The van der Waals surface area contributed by atoms with Crippen molar-refractivity contribution in [3.63, 3.8) is 0 Å². The number of piperidine rings is 1. The van der Waals surface area contributed by atoms with Gasteiger partial charge in [0.05, 0.1) is 19.4 Å². The molecule has 5 nitrogen and oxygen atoms in total. The third kappa shape index (κ3) is 2.48. The molecule has 0 N–H and O–H groups in total. The summed E-state index contributed by atoms with van der Waals surface area (Å²) in [4.78, 5) is 28.5. The van der Waals surface area contributed by atoms with E-state index in [9.17, 15) is 9.59 Å². The average Bonchev–Trinajstić information content (AvgIpc) is 3.15. The number of para-hydroxylation sites is 1. The molecule has 4 rings (SSSR count). The number of carbonyl (C=O) groups is 2. The zero-order chi connectivity index (χ0) is 17.6. The number of hydrogen-bond donors (Lipinski definition) is 0. The second kappa shape index (κ2) is 5.97. The molecule has 3 heterocycles. The summed E-state index contributed by atoms with van der Waals surface area (Å²) < 4.78 is 11.1. The maximum absolute atomic E-state index is 13.4. The second-order valence-electron chi connectivity index (χ2n) is 6.59. The number of thiophene rings is 1. The summed E-state index contributed by atoms with van der Waals surface area (Å²) in [5.74, 6) is -1.85. The largest absolute Gasteiger partial charge is 0.468 e. The topological polar surface area (TPSA) is 55.8 Å². The predicted octanol–water partition coefficient (Wildman–Crippen LogP) is 3.30. The molecular formula is C19H19NO4S. The van der Waals surface area contributed by atoms with Gasteiger partial charge in [-0.3, -0.25) is 14.5 Å². The fraction of sp³-hybridized carbons (Fsp3) is 0.368. The Balaban J connectivity index is 1.83. The Morgan fingerprint density at radius 2 is 2.12 bits per heavy atom. The lowest BCUT2D eigenvalue weighted by molar-refractivity contribution is -0.159. The second-order valence-corrected chi connectivity index (χ2v) is 7.57. The first kappa shape index (κ1) is 16.3. The Hall–Kier alpha value is -2.18. The highest BCUT2D eigenvalue weighted by Crippen LogP contribution is 2.49. The number of fused-ring (bicyclic) bond motifs is 3. The lowest BCUT2D eigenvalue weighted by Crippen LogP contribution is -2.62. The number of amides is 1. The van der Waals surface area contributed by atoms with Crippen LogP contribution in [0.25, 0.3) is 0 Å². The Kier molecular flexibility index (Phi) is 3.89. The molecule has 0 bridgehead atoms.